The topological polar surface area (TPSA) is 51.2 Å². The Morgan fingerprint density at radius 3 is 2.81 bits per heavy atom. The van der Waals surface area contributed by atoms with Crippen molar-refractivity contribution in [3.8, 4) is 11.5 Å². The Bertz CT molecular complexity index is 630. The van der Waals surface area contributed by atoms with E-state index in [1.54, 1.807) is 0 Å². The summed E-state index contributed by atoms with van der Waals surface area (Å²) < 4.78 is 16.7. The number of rotatable bonds is 5. The van der Waals surface area contributed by atoms with Gasteiger partial charge in [-0.25, -0.2) is 0 Å². The number of carbonyl (C=O) groups excluding carboxylic acids is 1. The summed E-state index contributed by atoms with van der Waals surface area (Å²) in [5.74, 6) is 1.79. The molecule has 2 saturated heterocycles. The Kier molecular flexibility index (Phi) is 5.60. The van der Waals surface area contributed by atoms with Crippen LogP contribution in [0.4, 0.5) is 0 Å². The number of benzene rings is 1. The van der Waals surface area contributed by atoms with Gasteiger partial charge in [0, 0.05) is 32.7 Å². The molecule has 6 heteroatoms. The second-order valence-corrected chi connectivity index (χ2v) is 7.38. The van der Waals surface area contributed by atoms with Crippen LogP contribution >= 0.6 is 0 Å². The highest BCUT2D eigenvalue weighted by atomic mass is 16.7. The Morgan fingerprint density at radius 1 is 1.08 bits per heavy atom. The molecule has 0 spiro atoms. The first kappa shape index (κ1) is 17.6. The maximum absolute atomic E-state index is 12.7. The van der Waals surface area contributed by atoms with Crippen LogP contribution in [0.15, 0.2) is 18.2 Å². The lowest BCUT2D eigenvalue weighted by atomic mass is 10.1. The van der Waals surface area contributed by atoms with Gasteiger partial charge in [-0.15, -0.1) is 0 Å². The van der Waals surface area contributed by atoms with Crippen LogP contribution < -0.4 is 9.47 Å². The second kappa shape index (κ2) is 8.27. The zero-order valence-electron chi connectivity index (χ0n) is 15.3. The summed E-state index contributed by atoms with van der Waals surface area (Å²) in [6.07, 6.45) is 4.88. The van der Waals surface area contributed by atoms with Crippen LogP contribution in [-0.4, -0.2) is 67.9 Å². The molecule has 1 aromatic rings. The minimum Gasteiger partial charge on any atom is -0.454 e. The quantitative estimate of drug-likeness (QED) is 0.805. The molecular formula is C20H28N2O4. The van der Waals surface area contributed by atoms with Crippen molar-refractivity contribution in [2.24, 2.45) is 0 Å². The molecule has 0 bridgehead atoms. The number of hydrogen-bond donors (Lipinski definition) is 0. The first-order valence-corrected chi connectivity index (χ1v) is 9.78. The molecule has 1 amide bonds. The molecule has 3 heterocycles. The van der Waals surface area contributed by atoms with Crippen molar-refractivity contribution >= 4 is 5.91 Å². The van der Waals surface area contributed by atoms with Crippen LogP contribution in [0.3, 0.4) is 0 Å². The molecule has 0 unspecified atom stereocenters. The summed E-state index contributed by atoms with van der Waals surface area (Å²) in [5, 5.41) is 0. The SMILES string of the molecule is O=C(CCc1ccc2c(c1)OCO2)N1CCCO[C@H](CN2CCCC2)C1. The van der Waals surface area contributed by atoms with Gasteiger partial charge in [0.25, 0.3) is 0 Å². The number of carbonyl (C=O) groups is 1. The van der Waals surface area contributed by atoms with Gasteiger partial charge < -0.3 is 24.0 Å². The van der Waals surface area contributed by atoms with Crippen LogP contribution in [0.1, 0.15) is 31.2 Å². The van der Waals surface area contributed by atoms with Crippen LogP contribution in [0.2, 0.25) is 0 Å². The molecule has 1 atom stereocenters. The molecule has 0 aromatic heterocycles. The zero-order chi connectivity index (χ0) is 17.8. The molecule has 0 aliphatic carbocycles. The predicted molar refractivity (Wildman–Crippen MR) is 97.5 cm³/mol. The lowest BCUT2D eigenvalue weighted by Crippen LogP contribution is -2.41. The number of fused-ring (bicyclic) bond motifs is 1. The molecule has 6 nitrogen and oxygen atoms in total. The minimum atomic E-state index is 0.144. The van der Waals surface area contributed by atoms with Crippen molar-refractivity contribution in [3.05, 3.63) is 23.8 Å². The van der Waals surface area contributed by atoms with Crippen molar-refractivity contribution in [1.82, 2.24) is 9.80 Å². The average molecular weight is 360 g/mol. The Balaban J connectivity index is 1.29. The molecule has 3 aliphatic heterocycles. The van der Waals surface area contributed by atoms with Gasteiger partial charge in [0.2, 0.25) is 12.7 Å². The van der Waals surface area contributed by atoms with Gasteiger partial charge in [-0.3, -0.25) is 4.79 Å². The van der Waals surface area contributed by atoms with E-state index >= 15 is 0 Å². The minimum absolute atomic E-state index is 0.144. The highest BCUT2D eigenvalue weighted by molar-refractivity contribution is 5.76. The van der Waals surface area contributed by atoms with Gasteiger partial charge >= 0.3 is 0 Å². The highest BCUT2D eigenvalue weighted by Gasteiger charge is 2.25. The van der Waals surface area contributed by atoms with Crippen LogP contribution in [0.25, 0.3) is 0 Å². The summed E-state index contributed by atoms with van der Waals surface area (Å²) in [6, 6.07) is 5.92. The molecular weight excluding hydrogens is 332 g/mol. The second-order valence-electron chi connectivity index (χ2n) is 7.38. The van der Waals surface area contributed by atoms with E-state index in [4.69, 9.17) is 14.2 Å². The first-order valence-electron chi connectivity index (χ1n) is 9.78. The molecule has 0 saturated carbocycles. The standard InChI is InChI=1S/C20H28N2O4/c23-20(7-5-16-4-6-18-19(12-16)26-15-25-18)22-10-3-11-24-17(14-22)13-21-8-1-2-9-21/h4,6,12,17H,1-3,5,7-11,13-15H2/t17-/m1/s1. The molecule has 4 rings (SSSR count). The largest absolute Gasteiger partial charge is 0.454 e. The normalized spacial score (nSPS) is 23.2. The van der Waals surface area contributed by atoms with Crippen molar-refractivity contribution in [3.63, 3.8) is 0 Å². The predicted octanol–water partition coefficient (Wildman–Crippen LogP) is 2.06. The fourth-order valence-corrected chi connectivity index (χ4v) is 3.99. The monoisotopic (exact) mass is 360 g/mol. The fourth-order valence-electron chi connectivity index (χ4n) is 3.99. The summed E-state index contributed by atoms with van der Waals surface area (Å²) >= 11 is 0. The van der Waals surface area contributed by atoms with Crippen molar-refractivity contribution in [1.29, 1.82) is 0 Å². The third-order valence-corrected chi connectivity index (χ3v) is 5.43. The molecule has 3 aliphatic rings. The van der Waals surface area contributed by atoms with E-state index < -0.39 is 0 Å². The highest BCUT2D eigenvalue weighted by Crippen LogP contribution is 2.32. The van der Waals surface area contributed by atoms with Crippen LogP contribution in [-0.2, 0) is 16.0 Å². The number of nitrogens with zero attached hydrogens (tertiary/aromatic N) is 2. The Hall–Kier alpha value is -1.79. The van der Waals surface area contributed by atoms with E-state index in [9.17, 15) is 4.79 Å². The maximum Gasteiger partial charge on any atom is 0.231 e. The van der Waals surface area contributed by atoms with E-state index in [0.29, 0.717) is 6.42 Å². The van der Waals surface area contributed by atoms with Crippen molar-refractivity contribution in [2.45, 2.75) is 38.2 Å². The van der Waals surface area contributed by atoms with E-state index in [2.05, 4.69) is 4.90 Å². The summed E-state index contributed by atoms with van der Waals surface area (Å²) in [5.41, 5.74) is 1.11. The van der Waals surface area contributed by atoms with Crippen LogP contribution in [0, 0.1) is 0 Å². The Labute approximate surface area is 155 Å². The first-order chi connectivity index (χ1) is 12.8. The molecule has 0 radical (unpaired) electrons. The lowest BCUT2D eigenvalue weighted by molar-refractivity contribution is -0.132. The number of hydrogen-bond acceptors (Lipinski definition) is 5. The van der Waals surface area contributed by atoms with E-state index in [1.807, 2.05) is 23.1 Å². The third kappa shape index (κ3) is 4.30. The lowest BCUT2D eigenvalue weighted by Gasteiger charge is -2.27. The van der Waals surface area contributed by atoms with E-state index in [-0.39, 0.29) is 18.8 Å². The molecule has 142 valence electrons. The zero-order valence-corrected chi connectivity index (χ0v) is 15.3. The third-order valence-electron chi connectivity index (χ3n) is 5.43. The van der Waals surface area contributed by atoms with Crippen LogP contribution in [0.5, 0.6) is 11.5 Å². The molecule has 26 heavy (non-hydrogen) atoms. The number of aryl methyl sites for hydroxylation is 1. The van der Waals surface area contributed by atoms with Gasteiger partial charge in [0.15, 0.2) is 11.5 Å². The fraction of sp³-hybridized carbons (Fsp3) is 0.650. The summed E-state index contributed by atoms with van der Waals surface area (Å²) in [4.78, 5) is 17.2. The van der Waals surface area contributed by atoms with Gasteiger partial charge in [-0.05, 0) is 56.5 Å². The van der Waals surface area contributed by atoms with E-state index in [1.165, 1.54) is 12.8 Å². The van der Waals surface area contributed by atoms with Gasteiger partial charge in [0.05, 0.1) is 6.10 Å². The number of likely N-dealkylation sites (tertiary alicyclic amines) is 1. The van der Waals surface area contributed by atoms with Gasteiger partial charge in [-0.1, -0.05) is 6.07 Å². The Morgan fingerprint density at radius 2 is 1.92 bits per heavy atom. The number of ether oxygens (including phenoxy) is 3. The maximum atomic E-state index is 12.7. The summed E-state index contributed by atoms with van der Waals surface area (Å²) in [6.45, 7) is 5.84. The van der Waals surface area contributed by atoms with Gasteiger partial charge in [0.1, 0.15) is 0 Å². The molecule has 1 aromatic carbocycles. The number of amides is 1. The van der Waals surface area contributed by atoms with Crippen molar-refractivity contribution in [2.75, 3.05) is 46.1 Å². The molecule has 2 fully saturated rings. The smallest absolute Gasteiger partial charge is 0.231 e. The van der Waals surface area contributed by atoms with Gasteiger partial charge in [-0.2, -0.15) is 0 Å². The van der Waals surface area contributed by atoms with Crippen molar-refractivity contribution < 1.29 is 19.0 Å². The average Bonchev–Trinajstić information content (AvgIpc) is 3.27. The molecule has 0 N–H and O–H groups in total. The summed E-state index contributed by atoms with van der Waals surface area (Å²) in [7, 11) is 0. The van der Waals surface area contributed by atoms with E-state index in [0.717, 1.165) is 69.2 Å².